The standard InChI is InChI=1S/C25H21FN4O5.C2H6.H3N/c26-18-9-7-17(8-10-18)16-29-20-5-2-1-4-19(20)22(23(25(29)32)30(33)34)27-11-13-28(14-12-27)24(31)21-6-3-15-35-21;1-2;/h1-10,15H,11-14,16H2;1-2H3;1H3. The minimum atomic E-state index is -0.734. The maximum absolute atomic E-state index is 13.4. The molecular weight excluding hydrogens is 493 g/mol. The summed E-state index contributed by atoms with van der Waals surface area (Å²) in [4.78, 5) is 41.0. The summed E-state index contributed by atoms with van der Waals surface area (Å²) in [5, 5.41) is 12.7. The predicted molar refractivity (Wildman–Crippen MR) is 144 cm³/mol. The number of pyridine rings is 1. The second-order valence-electron chi connectivity index (χ2n) is 8.25. The summed E-state index contributed by atoms with van der Waals surface area (Å²) >= 11 is 0. The molecule has 1 aliphatic heterocycles. The summed E-state index contributed by atoms with van der Waals surface area (Å²) < 4.78 is 19.9. The average Bonchev–Trinajstić information content (AvgIpc) is 3.47. The predicted octanol–water partition coefficient (Wildman–Crippen LogP) is 4.84. The molecular formula is C27H30FN5O5. The van der Waals surface area contributed by atoms with Crippen LogP contribution in [0.15, 0.2) is 76.1 Å². The summed E-state index contributed by atoms with van der Waals surface area (Å²) in [6.45, 7) is 5.34. The average molecular weight is 524 g/mol. The van der Waals surface area contributed by atoms with E-state index in [1.165, 1.54) is 23.0 Å². The van der Waals surface area contributed by atoms with E-state index in [1.54, 1.807) is 58.3 Å². The van der Waals surface area contributed by atoms with Crippen molar-refractivity contribution in [3.05, 3.63) is 105 Å². The second-order valence-corrected chi connectivity index (χ2v) is 8.25. The van der Waals surface area contributed by atoms with Crippen LogP contribution >= 0.6 is 0 Å². The van der Waals surface area contributed by atoms with Crippen LogP contribution in [0, 0.1) is 15.9 Å². The van der Waals surface area contributed by atoms with Crippen LogP contribution in [0.2, 0.25) is 0 Å². The van der Waals surface area contributed by atoms with Crippen LogP contribution in [-0.4, -0.2) is 46.5 Å². The highest BCUT2D eigenvalue weighted by Crippen LogP contribution is 2.34. The normalized spacial score (nSPS) is 12.9. The Balaban J connectivity index is 0.00000130. The van der Waals surface area contributed by atoms with E-state index >= 15 is 0 Å². The summed E-state index contributed by atoms with van der Waals surface area (Å²) in [5.74, 6) is -0.418. The van der Waals surface area contributed by atoms with Crippen molar-refractivity contribution < 1.29 is 18.5 Å². The number of halogens is 1. The molecule has 3 heterocycles. The number of amides is 1. The van der Waals surface area contributed by atoms with E-state index in [9.17, 15) is 24.1 Å². The molecule has 0 aliphatic carbocycles. The molecule has 5 rings (SSSR count). The molecule has 0 bridgehead atoms. The van der Waals surface area contributed by atoms with Crippen molar-refractivity contribution in [2.75, 3.05) is 31.1 Å². The molecule has 0 radical (unpaired) electrons. The van der Waals surface area contributed by atoms with Gasteiger partial charge in [-0.15, -0.1) is 0 Å². The van der Waals surface area contributed by atoms with Gasteiger partial charge in [0.15, 0.2) is 5.76 Å². The fourth-order valence-electron chi connectivity index (χ4n) is 4.48. The lowest BCUT2D eigenvalue weighted by Crippen LogP contribution is -2.49. The molecule has 1 aliphatic rings. The van der Waals surface area contributed by atoms with E-state index < -0.39 is 22.0 Å². The van der Waals surface area contributed by atoms with E-state index in [2.05, 4.69) is 0 Å². The van der Waals surface area contributed by atoms with Crippen LogP contribution in [0.4, 0.5) is 15.8 Å². The van der Waals surface area contributed by atoms with Gasteiger partial charge >= 0.3 is 11.2 Å². The molecule has 3 N–H and O–H groups in total. The molecule has 1 saturated heterocycles. The van der Waals surface area contributed by atoms with Gasteiger partial charge in [0.05, 0.1) is 23.2 Å². The number of piperazine rings is 1. The molecule has 2 aromatic heterocycles. The maximum atomic E-state index is 13.4. The van der Waals surface area contributed by atoms with Crippen LogP contribution in [-0.2, 0) is 6.54 Å². The monoisotopic (exact) mass is 523 g/mol. The number of furan rings is 1. The quantitative estimate of drug-likeness (QED) is 0.292. The number of aromatic nitrogens is 1. The Labute approximate surface area is 218 Å². The fraction of sp³-hybridized carbons (Fsp3) is 0.259. The molecule has 1 fully saturated rings. The van der Waals surface area contributed by atoms with Gasteiger partial charge in [-0.2, -0.15) is 0 Å². The molecule has 11 heteroatoms. The Hall–Kier alpha value is -4.51. The van der Waals surface area contributed by atoms with Gasteiger partial charge in [-0.25, -0.2) is 4.39 Å². The summed E-state index contributed by atoms with van der Waals surface area (Å²) in [7, 11) is 0. The molecule has 0 unspecified atom stereocenters. The van der Waals surface area contributed by atoms with Crippen LogP contribution in [0.3, 0.4) is 0 Å². The zero-order valence-electron chi connectivity index (χ0n) is 21.3. The van der Waals surface area contributed by atoms with Crippen molar-refractivity contribution in [3.8, 4) is 0 Å². The number of rotatable bonds is 5. The van der Waals surface area contributed by atoms with Crippen molar-refractivity contribution in [1.82, 2.24) is 15.6 Å². The molecule has 0 atom stereocenters. The Morgan fingerprint density at radius 2 is 1.66 bits per heavy atom. The molecule has 38 heavy (non-hydrogen) atoms. The topological polar surface area (TPSA) is 137 Å². The van der Waals surface area contributed by atoms with E-state index in [1.807, 2.05) is 13.8 Å². The van der Waals surface area contributed by atoms with Gasteiger partial charge in [0.1, 0.15) is 11.5 Å². The molecule has 4 aromatic rings. The number of fused-ring (bicyclic) bond motifs is 1. The molecule has 0 spiro atoms. The van der Waals surface area contributed by atoms with Gasteiger partial charge in [0, 0.05) is 31.6 Å². The number of hydrogen-bond donors (Lipinski definition) is 1. The van der Waals surface area contributed by atoms with Crippen LogP contribution < -0.4 is 16.6 Å². The van der Waals surface area contributed by atoms with Crippen LogP contribution in [0.1, 0.15) is 30.0 Å². The zero-order valence-corrected chi connectivity index (χ0v) is 21.3. The molecule has 1 amide bonds. The Morgan fingerprint density at radius 3 is 2.26 bits per heavy atom. The first kappa shape index (κ1) is 28.1. The largest absolute Gasteiger partial charge is 0.459 e. The minimum absolute atomic E-state index is 0. The number of anilines is 1. The molecule has 0 saturated carbocycles. The number of para-hydroxylation sites is 1. The van der Waals surface area contributed by atoms with Gasteiger partial charge < -0.3 is 20.4 Å². The van der Waals surface area contributed by atoms with Gasteiger partial charge in [0.25, 0.3) is 5.91 Å². The van der Waals surface area contributed by atoms with E-state index in [-0.39, 0.29) is 30.1 Å². The summed E-state index contributed by atoms with van der Waals surface area (Å²) in [5.41, 5.74) is 0.178. The van der Waals surface area contributed by atoms with Crippen molar-refractivity contribution in [2.24, 2.45) is 0 Å². The van der Waals surface area contributed by atoms with Gasteiger partial charge in [0.2, 0.25) is 0 Å². The fourth-order valence-corrected chi connectivity index (χ4v) is 4.48. The van der Waals surface area contributed by atoms with Gasteiger partial charge in [-0.1, -0.05) is 44.2 Å². The van der Waals surface area contributed by atoms with Crippen molar-refractivity contribution in [3.63, 3.8) is 0 Å². The lowest BCUT2D eigenvalue weighted by molar-refractivity contribution is -0.385. The van der Waals surface area contributed by atoms with Crippen molar-refractivity contribution in [2.45, 2.75) is 20.4 Å². The highest BCUT2D eigenvalue weighted by Gasteiger charge is 2.32. The third kappa shape index (κ3) is 5.42. The van der Waals surface area contributed by atoms with Crippen molar-refractivity contribution >= 4 is 28.2 Å². The first-order valence-corrected chi connectivity index (χ1v) is 12.1. The zero-order chi connectivity index (χ0) is 26.5. The van der Waals surface area contributed by atoms with Crippen LogP contribution in [0.25, 0.3) is 10.9 Å². The number of carbonyl (C=O) groups excluding carboxylic acids is 1. The SMILES string of the molecule is CC.N.O=C(c1ccco1)N1CCN(c2c([N+](=O)[O-])c(=O)n(Cc3ccc(F)cc3)c3ccccc23)CC1. The smallest absolute Gasteiger partial charge is 0.357 e. The van der Waals surface area contributed by atoms with Crippen LogP contribution in [0.5, 0.6) is 0 Å². The van der Waals surface area contributed by atoms with Gasteiger partial charge in [-0.05, 0) is 35.9 Å². The van der Waals surface area contributed by atoms with E-state index in [0.717, 1.165) is 0 Å². The first-order chi connectivity index (χ1) is 17.9. The Morgan fingerprint density at radius 1 is 1.00 bits per heavy atom. The molecule has 10 nitrogen and oxygen atoms in total. The number of nitrogens with zero attached hydrogens (tertiary/aromatic N) is 4. The summed E-state index contributed by atoms with van der Waals surface area (Å²) in [6.07, 6.45) is 1.43. The third-order valence-corrected chi connectivity index (χ3v) is 6.17. The number of benzene rings is 2. The van der Waals surface area contributed by atoms with Gasteiger partial charge in [-0.3, -0.25) is 24.3 Å². The Bertz CT molecular complexity index is 1460. The highest BCUT2D eigenvalue weighted by atomic mass is 19.1. The Kier molecular flexibility index (Phi) is 8.98. The molecule has 2 aromatic carbocycles. The summed E-state index contributed by atoms with van der Waals surface area (Å²) in [6, 6.07) is 15.9. The highest BCUT2D eigenvalue weighted by molar-refractivity contribution is 5.97. The second kappa shape index (κ2) is 12.2. The number of carbonyl (C=O) groups is 1. The number of nitro groups is 1. The molecule has 200 valence electrons. The number of hydrogen-bond acceptors (Lipinski definition) is 7. The third-order valence-electron chi connectivity index (χ3n) is 6.17. The van der Waals surface area contributed by atoms with E-state index in [0.29, 0.717) is 42.6 Å². The lowest BCUT2D eigenvalue weighted by atomic mass is 10.1. The lowest BCUT2D eigenvalue weighted by Gasteiger charge is -2.36. The van der Waals surface area contributed by atoms with E-state index in [4.69, 9.17) is 4.42 Å². The first-order valence-electron chi connectivity index (χ1n) is 12.1. The maximum Gasteiger partial charge on any atom is 0.357 e. The minimum Gasteiger partial charge on any atom is -0.459 e. The van der Waals surface area contributed by atoms with Crippen molar-refractivity contribution in [1.29, 1.82) is 0 Å².